The van der Waals surface area contributed by atoms with Gasteiger partial charge in [0.25, 0.3) is 0 Å². The molecule has 2 aromatic rings. The van der Waals surface area contributed by atoms with Gasteiger partial charge in [0, 0.05) is 6.20 Å². The topological polar surface area (TPSA) is 52.0 Å². The van der Waals surface area contributed by atoms with Gasteiger partial charge in [-0.15, -0.1) is 0 Å². The lowest BCUT2D eigenvalue weighted by Crippen LogP contribution is -2.08. The van der Waals surface area contributed by atoms with Crippen molar-refractivity contribution >= 4 is 10.7 Å². The van der Waals surface area contributed by atoms with Crippen LogP contribution in [0.1, 0.15) is 16.8 Å². The number of rotatable bonds is 4. The summed E-state index contributed by atoms with van der Waals surface area (Å²) in [5, 5.41) is 3.44. The van der Waals surface area contributed by atoms with Crippen LogP contribution in [0.5, 0.6) is 0 Å². The van der Waals surface area contributed by atoms with Gasteiger partial charge in [0.2, 0.25) is 0 Å². The summed E-state index contributed by atoms with van der Waals surface area (Å²) < 4.78 is 59.4. The molecule has 0 saturated heterocycles. The van der Waals surface area contributed by atoms with Crippen LogP contribution in [0.3, 0.4) is 0 Å². The molecule has 0 bridgehead atoms. The smallest absolute Gasteiger partial charge is 0.268 e. The highest BCUT2D eigenvalue weighted by atomic mass is 32.2. The van der Waals surface area contributed by atoms with Crippen molar-refractivity contribution in [2.45, 2.75) is 18.5 Å². The number of thiol groups is 1. The first-order valence-electron chi connectivity index (χ1n) is 5.65. The third-order valence-electron chi connectivity index (χ3n) is 2.61. The number of benzene rings is 1. The van der Waals surface area contributed by atoms with Crippen LogP contribution in [0.2, 0.25) is 0 Å². The van der Waals surface area contributed by atoms with E-state index in [1.165, 1.54) is 10.9 Å². The Bertz CT molecular complexity index is 652. The first-order chi connectivity index (χ1) is 9.34. The van der Waals surface area contributed by atoms with Gasteiger partial charge in [-0.2, -0.15) is 18.3 Å². The Kier molecular flexibility index (Phi) is 4.12. The van der Waals surface area contributed by atoms with Gasteiger partial charge in [-0.25, -0.2) is 8.42 Å². The fourth-order valence-electron chi connectivity index (χ4n) is 1.69. The highest BCUT2D eigenvalue weighted by Gasteiger charge is 2.33. The predicted octanol–water partition coefficient (Wildman–Crippen LogP) is 2.06. The van der Waals surface area contributed by atoms with Crippen LogP contribution in [0, 0.1) is 0 Å². The van der Waals surface area contributed by atoms with Gasteiger partial charge < -0.3 is 0 Å². The van der Waals surface area contributed by atoms with Crippen molar-refractivity contribution in [3.8, 4) is 0 Å². The lowest BCUT2D eigenvalue weighted by molar-refractivity contribution is -0.141. The van der Waals surface area contributed by atoms with Crippen LogP contribution in [0.15, 0.2) is 36.5 Å². The maximum absolute atomic E-state index is 12.4. The largest absolute Gasteiger partial charge is 0.435 e. The average molecular weight is 304 g/mol. The molecule has 1 aromatic carbocycles. The van der Waals surface area contributed by atoms with E-state index in [1.807, 2.05) is 0 Å². The van der Waals surface area contributed by atoms with Crippen molar-refractivity contribution in [1.29, 1.82) is 0 Å². The molecule has 2 rings (SSSR count). The molecular formula is C12H11F3N2O2S. The van der Waals surface area contributed by atoms with Crippen LogP contribution in [-0.2, 0) is 29.2 Å². The fraction of sp³-hybridized carbons (Fsp3) is 0.250. The monoisotopic (exact) mass is 304 g/mol. The molecule has 0 unspecified atom stereocenters. The zero-order valence-electron chi connectivity index (χ0n) is 10.2. The molecule has 4 nitrogen and oxygen atoms in total. The molecule has 0 fully saturated rings. The molecular weight excluding hydrogens is 293 g/mol. The number of halogens is 3. The number of alkyl halides is 3. The van der Waals surface area contributed by atoms with Crippen LogP contribution >= 0.6 is 0 Å². The third kappa shape index (κ3) is 3.83. The second kappa shape index (κ2) is 5.66. The highest BCUT2D eigenvalue weighted by Crippen LogP contribution is 2.27. The van der Waals surface area contributed by atoms with Gasteiger partial charge in [0.15, 0.2) is 5.69 Å². The molecule has 108 valence electrons. The quantitative estimate of drug-likeness (QED) is 0.880. The summed E-state index contributed by atoms with van der Waals surface area (Å²) in [6.07, 6.45) is -3.19. The number of aromatic nitrogens is 2. The zero-order valence-corrected chi connectivity index (χ0v) is 11.1. The van der Waals surface area contributed by atoms with Crippen molar-refractivity contribution in [3.63, 3.8) is 0 Å². The van der Waals surface area contributed by atoms with E-state index in [-0.39, 0.29) is 12.3 Å². The Labute approximate surface area is 114 Å². The summed E-state index contributed by atoms with van der Waals surface area (Å²) in [5.74, 6) is -0.0460. The second-order valence-electron chi connectivity index (χ2n) is 4.20. The fourth-order valence-corrected chi connectivity index (χ4v) is 2.20. The van der Waals surface area contributed by atoms with Gasteiger partial charge >= 0.3 is 6.18 Å². The summed E-state index contributed by atoms with van der Waals surface area (Å²) >= 11 is 0. The van der Waals surface area contributed by atoms with E-state index >= 15 is 0 Å². The Morgan fingerprint density at radius 3 is 2.15 bits per heavy atom. The average Bonchev–Trinajstić information content (AvgIpc) is 2.79. The van der Waals surface area contributed by atoms with Crippen molar-refractivity contribution in [3.05, 3.63) is 53.3 Å². The predicted molar refractivity (Wildman–Crippen MR) is 66.8 cm³/mol. The summed E-state index contributed by atoms with van der Waals surface area (Å²) in [5.41, 5.74) is 0.450. The maximum atomic E-state index is 12.4. The second-order valence-corrected chi connectivity index (χ2v) is 5.19. The molecule has 0 atom stereocenters. The molecule has 0 aliphatic heterocycles. The number of nitrogens with zero attached hydrogens (tertiary/aromatic N) is 2. The van der Waals surface area contributed by atoms with E-state index in [2.05, 4.69) is 5.10 Å². The summed E-state index contributed by atoms with van der Waals surface area (Å²) in [6.45, 7) is 0.194. The maximum Gasteiger partial charge on any atom is 0.435 e. The Balaban J connectivity index is 2.08. The number of hydrogen-bond acceptors (Lipinski definition) is 3. The van der Waals surface area contributed by atoms with Crippen LogP contribution in [0.4, 0.5) is 13.2 Å². The van der Waals surface area contributed by atoms with E-state index in [1.54, 1.807) is 24.3 Å². The van der Waals surface area contributed by atoms with E-state index in [9.17, 15) is 21.6 Å². The molecule has 0 N–H and O–H groups in total. The van der Waals surface area contributed by atoms with Crippen molar-refractivity contribution in [2.75, 3.05) is 0 Å². The summed E-state index contributed by atoms with van der Waals surface area (Å²) in [6, 6.07) is 7.52. The van der Waals surface area contributed by atoms with Crippen molar-refractivity contribution in [2.24, 2.45) is 0 Å². The lowest BCUT2D eigenvalue weighted by Gasteiger charge is -2.04. The Hall–Kier alpha value is -1.83. The molecule has 1 aromatic heterocycles. The van der Waals surface area contributed by atoms with Gasteiger partial charge in [-0.3, -0.25) is 4.68 Å². The minimum atomic E-state index is -4.45. The van der Waals surface area contributed by atoms with E-state index in [0.717, 1.165) is 11.6 Å². The molecule has 8 heteroatoms. The molecule has 0 spiro atoms. The molecule has 0 radical (unpaired) electrons. The lowest BCUT2D eigenvalue weighted by atomic mass is 10.1. The standard InChI is InChI=1S/C12H11F3N2O2S/c13-12(14,15)11-5-6-17(16-11)7-9-1-3-10(4-2-9)8-20(18)19/h1-6,20H,7-8H2. The third-order valence-corrected chi connectivity index (χ3v) is 3.23. The van der Waals surface area contributed by atoms with Gasteiger partial charge in [0.05, 0.1) is 12.3 Å². The van der Waals surface area contributed by atoms with Crippen LogP contribution < -0.4 is 0 Å². The Morgan fingerprint density at radius 1 is 1.05 bits per heavy atom. The first-order valence-corrected chi connectivity index (χ1v) is 7.01. The van der Waals surface area contributed by atoms with Crippen molar-refractivity contribution < 1.29 is 21.6 Å². The van der Waals surface area contributed by atoms with E-state index in [0.29, 0.717) is 5.56 Å². The minimum absolute atomic E-state index is 0.0460. The number of hydrogen-bond donors (Lipinski definition) is 1. The molecule has 1 heterocycles. The van der Waals surface area contributed by atoms with Crippen LogP contribution in [-0.4, -0.2) is 18.2 Å². The van der Waals surface area contributed by atoms with E-state index in [4.69, 9.17) is 0 Å². The Morgan fingerprint density at radius 2 is 1.65 bits per heavy atom. The van der Waals surface area contributed by atoms with Crippen LogP contribution in [0.25, 0.3) is 0 Å². The molecule has 20 heavy (non-hydrogen) atoms. The molecule has 0 aliphatic carbocycles. The SMILES string of the molecule is O=[SH](=O)Cc1ccc(Cn2ccc(C(F)(F)F)n2)cc1. The molecule has 0 amide bonds. The molecule has 0 aliphatic rings. The van der Waals surface area contributed by atoms with Gasteiger partial charge in [0.1, 0.15) is 10.7 Å². The van der Waals surface area contributed by atoms with Gasteiger partial charge in [-0.05, 0) is 17.2 Å². The normalized spacial score (nSPS) is 12.0. The molecule has 0 saturated carbocycles. The minimum Gasteiger partial charge on any atom is -0.268 e. The zero-order chi connectivity index (χ0) is 14.8. The summed E-state index contributed by atoms with van der Waals surface area (Å²) in [7, 11) is -2.49. The van der Waals surface area contributed by atoms with E-state index < -0.39 is 22.6 Å². The van der Waals surface area contributed by atoms with Gasteiger partial charge in [-0.1, -0.05) is 24.3 Å². The summed E-state index contributed by atoms with van der Waals surface area (Å²) in [4.78, 5) is 0. The van der Waals surface area contributed by atoms with Crippen molar-refractivity contribution in [1.82, 2.24) is 9.78 Å². The first kappa shape index (κ1) is 14.6. The highest BCUT2D eigenvalue weighted by molar-refractivity contribution is 7.71.